The molecule has 1 aromatic heterocycles. The Kier molecular flexibility index (Phi) is 5.10. The predicted octanol–water partition coefficient (Wildman–Crippen LogP) is 1.80. The summed E-state index contributed by atoms with van der Waals surface area (Å²) in [6.45, 7) is 3.02. The van der Waals surface area contributed by atoms with Gasteiger partial charge in [0.25, 0.3) is 0 Å². The summed E-state index contributed by atoms with van der Waals surface area (Å²) in [4.78, 5) is 6.25. The van der Waals surface area contributed by atoms with Crippen LogP contribution in [-0.4, -0.2) is 38.8 Å². The van der Waals surface area contributed by atoms with Gasteiger partial charge in [-0.25, -0.2) is 9.37 Å². The van der Waals surface area contributed by atoms with Crippen LogP contribution in [-0.2, 0) is 11.3 Å². The van der Waals surface area contributed by atoms with Gasteiger partial charge < -0.3 is 15.0 Å². The molecule has 0 amide bonds. The largest absolute Gasteiger partial charge is 0.384 e. The summed E-state index contributed by atoms with van der Waals surface area (Å²) in [5.74, 6) is 0.885. The van der Waals surface area contributed by atoms with Crippen molar-refractivity contribution in [2.24, 2.45) is 5.92 Å². The molecule has 2 rings (SSSR count). The van der Waals surface area contributed by atoms with Gasteiger partial charge in [-0.1, -0.05) is 0 Å². The standard InChI is InChI=1S/C14H22FN3O/c1-16-9-12-3-6-17-14(13(12)15)18-7-4-11(5-8-18)10-19-2/h3,6,11,16H,4-5,7-10H2,1-2H3. The number of ether oxygens (including phenoxy) is 1. The van der Waals surface area contributed by atoms with E-state index in [1.807, 2.05) is 11.9 Å². The number of aromatic nitrogens is 1. The average Bonchev–Trinajstić information content (AvgIpc) is 2.43. The Labute approximate surface area is 114 Å². The number of pyridine rings is 1. The molecular weight excluding hydrogens is 245 g/mol. The van der Waals surface area contributed by atoms with E-state index < -0.39 is 0 Å². The van der Waals surface area contributed by atoms with Crippen LogP contribution in [0.25, 0.3) is 0 Å². The molecule has 0 aromatic carbocycles. The molecule has 4 nitrogen and oxygen atoms in total. The first-order valence-corrected chi connectivity index (χ1v) is 6.78. The molecule has 0 atom stereocenters. The summed E-state index contributed by atoms with van der Waals surface area (Å²) in [7, 11) is 3.55. The quantitative estimate of drug-likeness (QED) is 0.883. The molecule has 1 aliphatic rings. The van der Waals surface area contributed by atoms with Crippen LogP contribution in [0.5, 0.6) is 0 Å². The van der Waals surface area contributed by atoms with Gasteiger partial charge in [0.2, 0.25) is 0 Å². The number of nitrogens with one attached hydrogen (secondary N) is 1. The highest BCUT2D eigenvalue weighted by Crippen LogP contribution is 2.25. The predicted molar refractivity (Wildman–Crippen MR) is 73.8 cm³/mol. The van der Waals surface area contributed by atoms with Crippen LogP contribution in [0.3, 0.4) is 0 Å². The lowest BCUT2D eigenvalue weighted by molar-refractivity contribution is 0.139. The highest BCUT2D eigenvalue weighted by Gasteiger charge is 2.22. The first-order chi connectivity index (χ1) is 9.26. The summed E-state index contributed by atoms with van der Waals surface area (Å²) in [5, 5.41) is 2.98. The van der Waals surface area contributed by atoms with Crippen molar-refractivity contribution >= 4 is 5.82 Å². The molecule has 0 bridgehead atoms. The van der Waals surface area contributed by atoms with Crippen LogP contribution in [0, 0.1) is 11.7 Å². The molecule has 1 aliphatic heterocycles. The number of halogens is 1. The zero-order chi connectivity index (χ0) is 13.7. The fourth-order valence-corrected chi connectivity index (χ4v) is 2.57. The number of nitrogens with zero attached hydrogens (tertiary/aromatic N) is 2. The topological polar surface area (TPSA) is 37.4 Å². The van der Waals surface area contributed by atoms with Gasteiger partial charge in [0.1, 0.15) is 0 Å². The van der Waals surface area contributed by atoms with Crippen molar-refractivity contribution in [1.82, 2.24) is 10.3 Å². The van der Waals surface area contributed by atoms with Gasteiger partial charge in [-0.05, 0) is 31.9 Å². The third-order valence-electron chi connectivity index (χ3n) is 3.63. The minimum atomic E-state index is -0.193. The Hall–Kier alpha value is -1.20. The van der Waals surface area contributed by atoms with Gasteiger partial charge >= 0.3 is 0 Å². The molecule has 1 fully saturated rings. The molecule has 1 saturated heterocycles. The Balaban J connectivity index is 2.05. The average molecular weight is 267 g/mol. The van der Waals surface area contributed by atoms with E-state index in [1.54, 1.807) is 19.4 Å². The van der Waals surface area contributed by atoms with Gasteiger partial charge in [-0.3, -0.25) is 0 Å². The Morgan fingerprint density at radius 3 is 2.84 bits per heavy atom. The van der Waals surface area contributed by atoms with E-state index in [0.717, 1.165) is 32.5 Å². The van der Waals surface area contributed by atoms with Crippen LogP contribution in [0.4, 0.5) is 10.2 Å². The van der Waals surface area contributed by atoms with Crippen molar-refractivity contribution in [3.8, 4) is 0 Å². The molecule has 0 aliphatic carbocycles. The molecule has 19 heavy (non-hydrogen) atoms. The maximum Gasteiger partial charge on any atom is 0.170 e. The van der Waals surface area contributed by atoms with E-state index in [9.17, 15) is 4.39 Å². The molecule has 0 radical (unpaired) electrons. The van der Waals surface area contributed by atoms with E-state index >= 15 is 0 Å². The van der Waals surface area contributed by atoms with Gasteiger partial charge in [0.05, 0.1) is 0 Å². The summed E-state index contributed by atoms with van der Waals surface area (Å²) in [5.41, 5.74) is 0.673. The van der Waals surface area contributed by atoms with Crippen LogP contribution >= 0.6 is 0 Å². The molecule has 1 N–H and O–H groups in total. The lowest BCUT2D eigenvalue weighted by Crippen LogP contribution is -2.36. The van der Waals surface area contributed by atoms with Crippen molar-refractivity contribution < 1.29 is 9.13 Å². The number of piperidine rings is 1. The summed E-state index contributed by atoms with van der Waals surface area (Å²) in [6, 6.07) is 1.73. The highest BCUT2D eigenvalue weighted by atomic mass is 19.1. The van der Waals surface area contributed by atoms with Gasteiger partial charge in [-0.2, -0.15) is 0 Å². The Morgan fingerprint density at radius 2 is 2.21 bits per heavy atom. The molecule has 0 saturated carbocycles. The zero-order valence-corrected chi connectivity index (χ0v) is 11.7. The minimum absolute atomic E-state index is 0.193. The Bertz CT molecular complexity index is 406. The Morgan fingerprint density at radius 1 is 1.47 bits per heavy atom. The lowest BCUT2D eigenvalue weighted by atomic mass is 9.98. The first-order valence-electron chi connectivity index (χ1n) is 6.78. The van der Waals surface area contributed by atoms with E-state index in [0.29, 0.717) is 23.8 Å². The first kappa shape index (κ1) is 14.2. The number of methoxy groups -OCH3 is 1. The molecule has 5 heteroatoms. The molecule has 0 unspecified atom stereocenters. The van der Waals surface area contributed by atoms with E-state index in [-0.39, 0.29) is 5.82 Å². The smallest absolute Gasteiger partial charge is 0.170 e. The van der Waals surface area contributed by atoms with Gasteiger partial charge in [0, 0.05) is 45.1 Å². The van der Waals surface area contributed by atoms with E-state index in [4.69, 9.17) is 4.74 Å². The third kappa shape index (κ3) is 3.42. The van der Waals surface area contributed by atoms with Crippen LogP contribution in [0.2, 0.25) is 0 Å². The van der Waals surface area contributed by atoms with Crippen molar-refractivity contribution in [3.05, 3.63) is 23.6 Å². The maximum absolute atomic E-state index is 14.3. The molecule has 1 aromatic rings. The second kappa shape index (κ2) is 6.82. The SMILES string of the molecule is CNCc1ccnc(N2CCC(COC)CC2)c1F. The summed E-state index contributed by atoms with van der Waals surface area (Å²) < 4.78 is 19.5. The number of hydrogen-bond donors (Lipinski definition) is 1. The van der Waals surface area contributed by atoms with E-state index in [1.165, 1.54) is 0 Å². The fraction of sp³-hybridized carbons (Fsp3) is 0.643. The zero-order valence-electron chi connectivity index (χ0n) is 11.7. The fourth-order valence-electron chi connectivity index (χ4n) is 2.57. The number of rotatable bonds is 5. The van der Waals surface area contributed by atoms with Crippen LogP contribution in [0.1, 0.15) is 18.4 Å². The maximum atomic E-state index is 14.3. The molecule has 106 valence electrons. The highest BCUT2D eigenvalue weighted by molar-refractivity contribution is 5.43. The van der Waals surface area contributed by atoms with Gasteiger partial charge in [0.15, 0.2) is 11.6 Å². The van der Waals surface area contributed by atoms with Gasteiger partial charge in [-0.15, -0.1) is 0 Å². The molecular formula is C14H22FN3O. The summed E-state index contributed by atoms with van der Waals surface area (Å²) >= 11 is 0. The van der Waals surface area contributed by atoms with Crippen LogP contribution in [0.15, 0.2) is 12.3 Å². The molecule has 2 heterocycles. The van der Waals surface area contributed by atoms with Crippen LogP contribution < -0.4 is 10.2 Å². The van der Waals surface area contributed by atoms with E-state index in [2.05, 4.69) is 10.3 Å². The number of anilines is 1. The number of hydrogen-bond acceptors (Lipinski definition) is 4. The van der Waals surface area contributed by atoms with Crippen molar-refractivity contribution in [3.63, 3.8) is 0 Å². The van der Waals surface area contributed by atoms with Crippen molar-refractivity contribution in [1.29, 1.82) is 0 Å². The van der Waals surface area contributed by atoms with Crippen molar-refractivity contribution in [2.45, 2.75) is 19.4 Å². The second-order valence-corrected chi connectivity index (χ2v) is 5.02. The third-order valence-corrected chi connectivity index (χ3v) is 3.63. The molecule has 0 spiro atoms. The monoisotopic (exact) mass is 267 g/mol. The lowest BCUT2D eigenvalue weighted by Gasteiger charge is -2.32. The van der Waals surface area contributed by atoms with Crippen molar-refractivity contribution in [2.75, 3.05) is 38.8 Å². The minimum Gasteiger partial charge on any atom is -0.384 e. The second-order valence-electron chi connectivity index (χ2n) is 5.02. The summed E-state index contributed by atoms with van der Waals surface area (Å²) in [6.07, 6.45) is 3.75. The normalized spacial score (nSPS) is 16.9.